The zero-order chi connectivity index (χ0) is 8.27. The highest BCUT2D eigenvalue weighted by Crippen LogP contribution is 1.98. The Bertz CT molecular complexity index is 250. The van der Waals surface area contributed by atoms with Crippen LogP contribution in [0.3, 0.4) is 0 Å². The van der Waals surface area contributed by atoms with Gasteiger partial charge in [0.15, 0.2) is 5.82 Å². The molecule has 1 aromatic rings. The summed E-state index contributed by atoms with van der Waals surface area (Å²) in [5.41, 5.74) is 5.26. The fourth-order valence-electron chi connectivity index (χ4n) is 0.728. The zero-order valence-electron chi connectivity index (χ0n) is 6.24. The van der Waals surface area contributed by atoms with E-state index in [1.807, 2.05) is 6.92 Å². The third-order valence-electron chi connectivity index (χ3n) is 1.18. The van der Waals surface area contributed by atoms with Gasteiger partial charge in [-0.15, -0.1) is 4.85 Å². The van der Waals surface area contributed by atoms with E-state index in [1.165, 1.54) is 0 Å². The maximum Gasteiger partial charge on any atom is 0.299 e. The van der Waals surface area contributed by atoms with Crippen LogP contribution in [0.4, 0.5) is 11.6 Å². The lowest BCUT2D eigenvalue weighted by molar-refractivity contribution is -0.653. The lowest BCUT2D eigenvalue weighted by Gasteiger charge is -2.04. The highest BCUT2D eigenvalue weighted by molar-refractivity contribution is 5.33. The fraction of sp³-hybridized carbons (Fsp3) is 0.333. The number of anilines is 2. The normalized spacial score (nSPS) is 9.55. The molecule has 0 bridgehead atoms. The first kappa shape index (κ1) is 7.59. The Labute approximate surface area is 64.4 Å². The van der Waals surface area contributed by atoms with Crippen molar-refractivity contribution in [3.8, 4) is 0 Å². The van der Waals surface area contributed by atoms with Crippen LogP contribution in [0.2, 0.25) is 0 Å². The van der Waals surface area contributed by atoms with Gasteiger partial charge in [-0.3, -0.25) is 5.32 Å². The minimum Gasteiger partial charge on any atom is -0.691 e. The van der Waals surface area contributed by atoms with Crippen LogP contribution in [0.1, 0.15) is 6.92 Å². The first-order valence-electron chi connectivity index (χ1n) is 3.34. The molecule has 1 rings (SSSR count). The molecule has 0 unspecified atom stereocenters. The van der Waals surface area contributed by atoms with Crippen molar-refractivity contribution in [3.63, 3.8) is 0 Å². The quantitative estimate of drug-likeness (QED) is 0.454. The molecule has 0 aliphatic heterocycles. The average Bonchev–Trinajstić information content (AvgIpc) is 1.95. The van der Waals surface area contributed by atoms with Crippen LogP contribution in [0, 0.1) is 5.21 Å². The summed E-state index contributed by atoms with van der Waals surface area (Å²) in [5, 5.41) is 17.2. The van der Waals surface area contributed by atoms with Gasteiger partial charge in [0.2, 0.25) is 0 Å². The van der Waals surface area contributed by atoms with E-state index in [1.54, 1.807) is 12.1 Å². The minimum absolute atomic E-state index is 0.224. The first-order valence-corrected chi connectivity index (χ1v) is 3.34. The number of aromatic nitrogens is 2. The Morgan fingerprint density at radius 1 is 1.73 bits per heavy atom. The predicted octanol–water partition coefficient (Wildman–Crippen LogP) is -0.271. The number of rotatable bonds is 2. The van der Waals surface area contributed by atoms with Crippen LogP contribution in [0.5, 0.6) is 0 Å². The number of nitrogens with two attached hydrogens (primary N) is 1. The standard InChI is InChI=1S/C6H10N4O/c1-2-8-6-4-3-5(7)9-10(6)11/h3-4,8H,2H2,1H3,(H2,7,9). The van der Waals surface area contributed by atoms with Crippen LogP contribution in [0.15, 0.2) is 12.1 Å². The molecule has 5 heteroatoms. The first-order chi connectivity index (χ1) is 5.24. The topological polar surface area (TPSA) is 77.9 Å². The van der Waals surface area contributed by atoms with Gasteiger partial charge in [-0.25, -0.2) is 0 Å². The summed E-state index contributed by atoms with van der Waals surface area (Å²) in [6, 6.07) is 3.17. The van der Waals surface area contributed by atoms with E-state index in [4.69, 9.17) is 5.73 Å². The predicted molar refractivity (Wildman–Crippen MR) is 41.8 cm³/mol. The van der Waals surface area contributed by atoms with E-state index in [0.717, 1.165) is 0 Å². The molecule has 0 saturated heterocycles. The van der Waals surface area contributed by atoms with Gasteiger partial charge in [0.1, 0.15) is 0 Å². The Hall–Kier alpha value is -1.52. The van der Waals surface area contributed by atoms with Crippen LogP contribution in [-0.4, -0.2) is 11.6 Å². The Morgan fingerprint density at radius 3 is 3.00 bits per heavy atom. The second-order valence-electron chi connectivity index (χ2n) is 2.05. The molecule has 0 fully saturated rings. The second-order valence-corrected chi connectivity index (χ2v) is 2.05. The third kappa shape index (κ3) is 1.70. The van der Waals surface area contributed by atoms with E-state index in [-0.39, 0.29) is 5.82 Å². The van der Waals surface area contributed by atoms with Crippen molar-refractivity contribution < 1.29 is 4.85 Å². The molecule has 1 aromatic heterocycles. The van der Waals surface area contributed by atoms with Crippen molar-refractivity contribution in [3.05, 3.63) is 17.3 Å². The molecule has 0 saturated carbocycles. The van der Waals surface area contributed by atoms with Crippen molar-refractivity contribution in [2.75, 3.05) is 17.6 Å². The summed E-state index contributed by atoms with van der Waals surface area (Å²) in [4.78, 5) is 0.471. The summed E-state index contributed by atoms with van der Waals surface area (Å²) < 4.78 is 0. The molecule has 0 radical (unpaired) electrons. The van der Waals surface area contributed by atoms with Gasteiger partial charge in [0, 0.05) is 6.07 Å². The van der Waals surface area contributed by atoms with Crippen molar-refractivity contribution in [2.45, 2.75) is 6.92 Å². The molecular formula is C6H10N4O. The summed E-state index contributed by atoms with van der Waals surface area (Å²) in [7, 11) is 0. The number of nitrogen functional groups attached to an aromatic ring is 1. The molecule has 0 aliphatic carbocycles. The molecule has 0 aromatic carbocycles. The van der Waals surface area contributed by atoms with Crippen LogP contribution < -0.4 is 15.9 Å². The maximum atomic E-state index is 10.9. The number of nitrogens with one attached hydrogen (secondary N) is 1. The fourth-order valence-corrected chi connectivity index (χ4v) is 0.728. The molecule has 11 heavy (non-hydrogen) atoms. The summed E-state index contributed by atoms with van der Waals surface area (Å²) in [6.45, 7) is 2.59. The molecule has 0 spiro atoms. The molecular weight excluding hydrogens is 144 g/mol. The highest BCUT2D eigenvalue weighted by atomic mass is 16.5. The van der Waals surface area contributed by atoms with Gasteiger partial charge in [-0.1, -0.05) is 5.10 Å². The van der Waals surface area contributed by atoms with Crippen molar-refractivity contribution in [1.82, 2.24) is 5.10 Å². The average molecular weight is 154 g/mol. The smallest absolute Gasteiger partial charge is 0.299 e. The van der Waals surface area contributed by atoms with E-state index < -0.39 is 0 Å². The Morgan fingerprint density at radius 2 is 2.45 bits per heavy atom. The molecule has 1 heterocycles. The summed E-state index contributed by atoms with van der Waals surface area (Å²) in [6.07, 6.45) is 0. The number of nitrogens with zero attached hydrogens (tertiary/aromatic N) is 2. The lowest BCUT2D eigenvalue weighted by Crippen LogP contribution is -2.35. The van der Waals surface area contributed by atoms with E-state index >= 15 is 0 Å². The largest absolute Gasteiger partial charge is 0.691 e. The summed E-state index contributed by atoms with van der Waals surface area (Å²) in [5.74, 6) is 0.642. The molecule has 3 N–H and O–H groups in total. The SMILES string of the molecule is CCNc1ccc(N)n[n+]1[O-]. The van der Waals surface area contributed by atoms with Gasteiger partial charge in [0.25, 0.3) is 5.82 Å². The monoisotopic (exact) mass is 154 g/mol. The van der Waals surface area contributed by atoms with Gasteiger partial charge in [0.05, 0.1) is 6.54 Å². The molecule has 0 atom stereocenters. The van der Waals surface area contributed by atoms with Gasteiger partial charge >= 0.3 is 0 Å². The van der Waals surface area contributed by atoms with E-state index in [9.17, 15) is 5.21 Å². The van der Waals surface area contributed by atoms with E-state index in [2.05, 4.69) is 10.4 Å². The number of hydrogen-bond acceptors (Lipinski definition) is 4. The van der Waals surface area contributed by atoms with Gasteiger partial charge < -0.3 is 10.9 Å². The lowest BCUT2D eigenvalue weighted by atomic mass is 10.5. The molecule has 60 valence electrons. The van der Waals surface area contributed by atoms with Gasteiger partial charge in [-0.05, 0) is 13.0 Å². The zero-order valence-corrected chi connectivity index (χ0v) is 6.24. The van der Waals surface area contributed by atoms with Crippen LogP contribution >= 0.6 is 0 Å². The Kier molecular flexibility index (Phi) is 2.10. The van der Waals surface area contributed by atoms with E-state index in [0.29, 0.717) is 17.2 Å². The Balaban J connectivity index is 2.90. The van der Waals surface area contributed by atoms with Crippen molar-refractivity contribution in [2.24, 2.45) is 0 Å². The minimum atomic E-state index is 0.224. The molecule has 0 amide bonds. The molecule has 0 aliphatic rings. The van der Waals surface area contributed by atoms with Crippen molar-refractivity contribution >= 4 is 11.6 Å². The third-order valence-corrected chi connectivity index (χ3v) is 1.18. The number of hydrogen-bond donors (Lipinski definition) is 2. The van der Waals surface area contributed by atoms with Crippen LogP contribution in [-0.2, 0) is 0 Å². The van der Waals surface area contributed by atoms with Gasteiger partial charge in [-0.2, -0.15) is 0 Å². The van der Waals surface area contributed by atoms with Crippen molar-refractivity contribution in [1.29, 1.82) is 0 Å². The summed E-state index contributed by atoms with van der Waals surface area (Å²) >= 11 is 0. The maximum absolute atomic E-state index is 10.9. The molecule has 5 nitrogen and oxygen atoms in total. The highest BCUT2D eigenvalue weighted by Gasteiger charge is 2.01. The second kappa shape index (κ2) is 3.05. The van der Waals surface area contributed by atoms with Crippen LogP contribution in [0.25, 0.3) is 0 Å².